The SMILES string of the molecule is COc1cccc(/C(O)=C2\C(=O)C(=O)N(CCCN(C)C)C2c2ccc(O)cc2)c1. The van der Waals surface area contributed by atoms with Crippen molar-refractivity contribution in [2.45, 2.75) is 12.5 Å². The van der Waals surface area contributed by atoms with Crippen molar-refractivity contribution in [2.75, 3.05) is 34.3 Å². The number of nitrogens with zero attached hydrogens (tertiary/aromatic N) is 2. The van der Waals surface area contributed by atoms with Gasteiger partial charge in [0.1, 0.15) is 17.3 Å². The number of aliphatic hydroxyl groups is 1. The lowest BCUT2D eigenvalue weighted by Gasteiger charge is -2.26. The molecule has 2 N–H and O–H groups in total. The second kappa shape index (κ2) is 9.00. The number of phenolic OH excluding ortho intramolecular Hbond substituents is 1. The summed E-state index contributed by atoms with van der Waals surface area (Å²) in [5.74, 6) is -1.01. The summed E-state index contributed by atoms with van der Waals surface area (Å²) in [5.41, 5.74) is 1.06. The molecule has 1 heterocycles. The number of ether oxygens (including phenoxy) is 1. The number of methoxy groups -OCH3 is 1. The molecule has 0 bridgehead atoms. The van der Waals surface area contributed by atoms with Crippen LogP contribution in [0.25, 0.3) is 5.76 Å². The molecular weight excluding hydrogens is 384 g/mol. The van der Waals surface area contributed by atoms with E-state index in [1.165, 1.54) is 24.1 Å². The van der Waals surface area contributed by atoms with E-state index < -0.39 is 17.7 Å². The first-order valence-electron chi connectivity index (χ1n) is 9.70. The summed E-state index contributed by atoms with van der Waals surface area (Å²) in [6, 6.07) is 12.3. The number of hydrogen-bond donors (Lipinski definition) is 2. The highest BCUT2D eigenvalue weighted by molar-refractivity contribution is 6.46. The zero-order valence-electron chi connectivity index (χ0n) is 17.3. The number of carbonyl (C=O) groups is 2. The van der Waals surface area contributed by atoms with Gasteiger partial charge in [0.05, 0.1) is 18.7 Å². The molecule has 2 aromatic carbocycles. The van der Waals surface area contributed by atoms with Gasteiger partial charge in [-0.2, -0.15) is 0 Å². The van der Waals surface area contributed by atoms with Crippen LogP contribution in [0, 0.1) is 0 Å². The number of carbonyl (C=O) groups excluding carboxylic acids is 2. The summed E-state index contributed by atoms with van der Waals surface area (Å²) in [7, 11) is 5.39. The van der Waals surface area contributed by atoms with Crippen LogP contribution in [-0.2, 0) is 9.59 Å². The third-order valence-electron chi connectivity index (χ3n) is 5.10. The fraction of sp³-hybridized carbons (Fsp3) is 0.304. The Balaban J connectivity index is 2.09. The summed E-state index contributed by atoms with van der Waals surface area (Å²) in [6.07, 6.45) is 0.674. The van der Waals surface area contributed by atoms with Crippen molar-refractivity contribution < 1.29 is 24.5 Å². The summed E-state index contributed by atoms with van der Waals surface area (Å²) in [6.45, 7) is 1.12. The van der Waals surface area contributed by atoms with Crippen molar-refractivity contribution in [2.24, 2.45) is 0 Å². The Labute approximate surface area is 175 Å². The molecule has 7 nitrogen and oxygen atoms in total. The lowest BCUT2D eigenvalue weighted by atomic mass is 9.95. The van der Waals surface area contributed by atoms with Gasteiger partial charge in [-0.05, 0) is 56.9 Å². The summed E-state index contributed by atoms with van der Waals surface area (Å²) < 4.78 is 5.21. The maximum Gasteiger partial charge on any atom is 0.295 e. The Kier molecular flexibility index (Phi) is 6.42. The number of likely N-dealkylation sites (tertiary alicyclic amines) is 1. The molecule has 1 amide bonds. The number of aliphatic hydroxyl groups excluding tert-OH is 1. The number of Topliss-reactive ketones (excluding diaryl/α,β-unsaturated/α-hetero) is 1. The first-order valence-corrected chi connectivity index (χ1v) is 9.70. The minimum atomic E-state index is -0.737. The standard InChI is InChI=1S/C23H26N2O5/c1-24(2)12-5-13-25-20(15-8-10-17(26)11-9-15)19(22(28)23(25)29)21(27)16-6-4-7-18(14-16)30-3/h4,6-11,14,20,26-27H,5,12-13H2,1-3H3/b21-19+. The molecule has 1 unspecified atom stereocenters. The van der Waals surface area contributed by atoms with E-state index >= 15 is 0 Å². The van der Waals surface area contributed by atoms with Crippen LogP contribution in [0.3, 0.4) is 0 Å². The predicted octanol–water partition coefficient (Wildman–Crippen LogP) is 2.77. The van der Waals surface area contributed by atoms with E-state index in [0.29, 0.717) is 29.8 Å². The Morgan fingerprint density at radius 2 is 1.83 bits per heavy atom. The zero-order chi connectivity index (χ0) is 21.8. The molecule has 30 heavy (non-hydrogen) atoms. The smallest absolute Gasteiger partial charge is 0.295 e. The van der Waals surface area contributed by atoms with Gasteiger partial charge in [-0.25, -0.2) is 0 Å². The van der Waals surface area contributed by atoms with E-state index in [2.05, 4.69) is 0 Å². The predicted molar refractivity (Wildman–Crippen MR) is 113 cm³/mol. The lowest BCUT2D eigenvalue weighted by Crippen LogP contribution is -2.32. The highest BCUT2D eigenvalue weighted by Crippen LogP contribution is 2.40. The number of benzene rings is 2. The molecule has 1 saturated heterocycles. The Bertz CT molecular complexity index is 966. The maximum atomic E-state index is 12.9. The van der Waals surface area contributed by atoms with Gasteiger partial charge >= 0.3 is 0 Å². The molecule has 0 saturated carbocycles. The minimum absolute atomic E-state index is 0.0313. The monoisotopic (exact) mass is 410 g/mol. The van der Waals surface area contributed by atoms with Crippen molar-refractivity contribution in [3.05, 3.63) is 65.2 Å². The lowest BCUT2D eigenvalue weighted by molar-refractivity contribution is -0.139. The van der Waals surface area contributed by atoms with E-state index in [9.17, 15) is 19.8 Å². The van der Waals surface area contributed by atoms with E-state index in [-0.39, 0.29) is 17.1 Å². The van der Waals surface area contributed by atoms with Crippen LogP contribution in [0.15, 0.2) is 54.1 Å². The summed E-state index contributed by atoms with van der Waals surface area (Å²) in [4.78, 5) is 29.3. The molecule has 1 aliphatic rings. The van der Waals surface area contributed by atoms with Gasteiger partial charge in [-0.3, -0.25) is 9.59 Å². The molecule has 1 aliphatic heterocycles. The van der Waals surface area contributed by atoms with Crippen molar-refractivity contribution in [3.63, 3.8) is 0 Å². The Morgan fingerprint density at radius 1 is 1.13 bits per heavy atom. The van der Waals surface area contributed by atoms with E-state index in [1.54, 1.807) is 36.4 Å². The minimum Gasteiger partial charge on any atom is -0.508 e. The average Bonchev–Trinajstić information content (AvgIpc) is 2.98. The number of phenols is 1. The van der Waals surface area contributed by atoms with Gasteiger partial charge in [-0.1, -0.05) is 24.3 Å². The van der Waals surface area contributed by atoms with E-state index in [4.69, 9.17) is 4.74 Å². The molecule has 158 valence electrons. The van der Waals surface area contributed by atoms with Crippen LogP contribution in [0.2, 0.25) is 0 Å². The third kappa shape index (κ3) is 4.31. The van der Waals surface area contributed by atoms with Crippen molar-refractivity contribution >= 4 is 17.4 Å². The highest BCUT2D eigenvalue weighted by atomic mass is 16.5. The Morgan fingerprint density at radius 3 is 2.47 bits per heavy atom. The van der Waals surface area contributed by atoms with Gasteiger partial charge in [0, 0.05) is 12.1 Å². The van der Waals surface area contributed by atoms with Crippen molar-refractivity contribution in [1.82, 2.24) is 9.80 Å². The molecule has 7 heteroatoms. The van der Waals surface area contributed by atoms with Crippen molar-refractivity contribution in [1.29, 1.82) is 0 Å². The molecule has 0 aromatic heterocycles. The first kappa shape index (κ1) is 21.4. The fourth-order valence-electron chi connectivity index (χ4n) is 3.60. The highest BCUT2D eigenvalue weighted by Gasteiger charge is 2.45. The second-order valence-corrected chi connectivity index (χ2v) is 7.47. The number of hydrogen-bond acceptors (Lipinski definition) is 6. The van der Waals surface area contributed by atoms with Crippen LogP contribution in [-0.4, -0.2) is 66.0 Å². The topological polar surface area (TPSA) is 90.3 Å². The molecule has 0 aliphatic carbocycles. The average molecular weight is 410 g/mol. The number of rotatable bonds is 7. The summed E-state index contributed by atoms with van der Waals surface area (Å²) >= 11 is 0. The molecule has 3 rings (SSSR count). The van der Waals surface area contributed by atoms with Crippen LogP contribution in [0.4, 0.5) is 0 Å². The van der Waals surface area contributed by atoms with E-state index in [0.717, 1.165) is 6.54 Å². The normalized spacial score (nSPS) is 18.3. The number of ketones is 1. The maximum absolute atomic E-state index is 12.9. The third-order valence-corrected chi connectivity index (χ3v) is 5.10. The van der Waals surface area contributed by atoms with Gasteiger partial charge in [0.2, 0.25) is 0 Å². The van der Waals surface area contributed by atoms with Crippen LogP contribution >= 0.6 is 0 Å². The molecular formula is C23H26N2O5. The van der Waals surface area contributed by atoms with Gasteiger partial charge in [-0.15, -0.1) is 0 Å². The molecule has 1 atom stereocenters. The zero-order valence-corrected chi connectivity index (χ0v) is 17.3. The van der Waals surface area contributed by atoms with Gasteiger partial charge in [0.15, 0.2) is 0 Å². The van der Waals surface area contributed by atoms with Crippen molar-refractivity contribution in [3.8, 4) is 11.5 Å². The van der Waals surface area contributed by atoms with Crippen LogP contribution in [0.1, 0.15) is 23.6 Å². The largest absolute Gasteiger partial charge is 0.508 e. The molecule has 1 fully saturated rings. The number of amides is 1. The molecule has 0 spiro atoms. The van der Waals surface area contributed by atoms with E-state index in [1.807, 2.05) is 19.0 Å². The first-order chi connectivity index (χ1) is 14.3. The molecule has 2 aromatic rings. The van der Waals surface area contributed by atoms with Crippen LogP contribution < -0.4 is 4.74 Å². The summed E-state index contributed by atoms with van der Waals surface area (Å²) in [5, 5.41) is 20.7. The molecule has 0 radical (unpaired) electrons. The van der Waals surface area contributed by atoms with Crippen LogP contribution in [0.5, 0.6) is 11.5 Å². The van der Waals surface area contributed by atoms with Gasteiger partial charge < -0.3 is 24.7 Å². The number of aromatic hydroxyl groups is 1. The Hall–Kier alpha value is -3.32. The fourth-order valence-corrected chi connectivity index (χ4v) is 3.60. The second-order valence-electron chi connectivity index (χ2n) is 7.47. The van der Waals surface area contributed by atoms with Gasteiger partial charge in [0.25, 0.3) is 11.7 Å². The quantitative estimate of drug-likeness (QED) is 0.414.